The lowest BCUT2D eigenvalue weighted by Crippen LogP contribution is -2.03. The maximum atomic E-state index is 10.5. The lowest BCUT2D eigenvalue weighted by atomic mass is 10.1. The molecule has 2 rings (SSSR count). The first-order valence-corrected chi connectivity index (χ1v) is 4.45. The van der Waals surface area contributed by atoms with Crippen molar-refractivity contribution >= 4 is 5.97 Å². The summed E-state index contributed by atoms with van der Waals surface area (Å²) < 4.78 is 1.94. The number of aliphatic carboxylic acids is 1. The van der Waals surface area contributed by atoms with E-state index in [9.17, 15) is 4.79 Å². The van der Waals surface area contributed by atoms with Crippen LogP contribution >= 0.6 is 0 Å². The van der Waals surface area contributed by atoms with Crippen LogP contribution in [-0.4, -0.2) is 20.9 Å². The van der Waals surface area contributed by atoms with Crippen molar-refractivity contribution < 1.29 is 9.90 Å². The summed E-state index contributed by atoms with van der Waals surface area (Å²) in [5.41, 5.74) is 3.01. The predicted octanol–water partition coefficient (Wildman–Crippen LogP) is 0.765. The van der Waals surface area contributed by atoms with Gasteiger partial charge < -0.3 is 5.11 Å². The molecule has 0 radical (unpaired) electrons. The topological polar surface area (TPSA) is 55.1 Å². The third kappa shape index (κ3) is 1.32. The van der Waals surface area contributed by atoms with Gasteiger partial charge in [0, 0.05) is 12.2 Å². The molecule has 0 fully saturated rings. The van der Waals surface area contributed by atoms with Crippen molar-refractivity contribution in [1.29, 1.82) is 0 Å². The van der Waals surface area contributed by atoms with E-state index in [2.05, 4.69) is 5.10 Å². The second kappa shape index (κ2) is 2.87. The second-order valence-electron chi connectivity index (χ2n) is 3.42. The van der Waals surface area contributed by atoms with Crippen LogP contribution in [-0.2, 0) is 24.2 Å². The first kappa shape index (κ1) is 8.29. The van der Waals surface area contributed by atoms with E-state index in [4.69, 9.17) is 5.11 Å². The third-order valence-electron chi connectivity index (χ3n) is 2.52. The molecule has 4 nitrogen and oxygen atoms in total. The van der Waals surface area contributed by atoms with Crippen molar-refractivity contribution in [1.82, 2.24) is 9.78 Å². The summed E-state index contributed by atoms with van der Waals surface area (Å²) >= 11 is 0. The first-order chi connectivity index (χ1) is 6.18. The van der Waals surface area contributed by atoms with Crippen LogP contribution in [0, 0.1) is 6.92 Å². The number of carboxylic acid groups (broad SMARTS) is 1. The van der Waals surface area contributed by atoms with E-state index >= 15 is 0 Å². The summed E-state index contributed by atoms with van der Waals surface area (Å²) in [6, 6.07) is 0. The van der Waals surface area contributed by atoms with Gasteiger partial charge >= 0.3 is 5.97 Å². The van der Waals surface area contributed by atoms with E-state index in [1.165, 1.54) is 5.69 Å². The quantitative estimate of drug-likeness (QED) is 0.731. The summed E-state index contributed by atoms with van der Waals surface area (Å²) in [6.07, 6.45) is 2.22. The molecule has 0 bridgehead atoms. The lowest BCUT2D eigenvalue weighted by Gasteiger charge is -1.93. The van der Waals surface area contributed by atoms with Gasteiger partial charge in [-0.3, -0.25) is 9.48 Å². The average Bonchev–Trinajstić information content (AvgIpc) is 2.56. The van der Waals surface area contributed by atoms with Gasteiger partial charge in [-0.05, 0) is 25.3 Å². The third-order valence-corrected chi connectivity index (χ3v) is 2.52. The largest absolute Gasteiger partial charge is 0.481 e. The van der Waals surface area contributed by atoms with Gasteiger partial charge in [-0.2, -0.15) is 5.10 Å². The van der Waals surface area contributed by atoms with E-state index in [1.54, 1.807) is 0 Å². The highest BCUT2D eigenvalue weighted by molar-refractivity contribution is 5.70. The fraction of sp³-hybridized carbons (Fsp3) is 0.556. The van der Waals surface area contributed by atoms with Gasteiger partial charge in [0.1, 0.15) is 0 Å². The van der Waals surface area contributed by atoms with Crippen LogP contribution in [0.5, 0.6) is 0 Å². The second-order valence-corrected chi connectivity index (χ2v) is 3.42. The van der Waals surface area contributed by atoms with Crippen molar-refractivity contribution in [2.24, 2.45) is 0 Å². The van der Waals surface area contributed by atoms with E-state index in [0.29, 0.717) is 0 Å². The first-order valence-electron chi connectivity index (χ1n) is 4.45. The van der Waals surface area contributed by atoms with Crippen LogP contribution in [0.15, 0.2) is 0 Å². The Morgan fingerprint density at radius 2 is 2.46 bits per heavy atom. The summed E-state index contributed by atoms with van der Waals surface area (Å²) in [6.45, 7) is 2.90. The number of aromatic nitrogens is 2. The van der Waals surface area contributed by atoms with Crippen LogP contribution in [0.3, 0.4) is 0 Å². The molecule has 0 amide bonds. The molecule has 1 aliphatic heterocycles. The standard InChI is InChI=1S/C9H12N2O2/c1-6-7(5-9(12)13)10-11-4-2-3-8(6)11/h2-5H2,1H3,(H,12,13). The van der Waals surface area contributed by atoms with Crippen molar-refractivity contribution in [3.05, 3.63) is 17.0 Å². The lowest BCUT2D eigenvalue weighted by molar-refractivity contribution is -0.136. The molecule has 13 heavy (non-hydrogen) atoms. The molecule has 1 aliphatic rings. The van der Waals surface area contributed by atoms with Gasteiger partial charge in [0.05, 0.1) is 12.1 Å². The highest BCUT2D eigenvalue weighted by Gasteiger charge is 2.19. The van der Waals surface area contributed by atoms with Gasteiger partial charge in [0.15, 0.2) is 0 Å². The Hall–Kier alpha value is -1.32. The highest BCUT2D eigenvalue weighted by Crippen LogP contribution is 2.21. The van der Waals surface area contributed by atoms with Crippen molar-refractivity contribution in [2.75, 3.05) is 0 Å². The molecular weight excluding hydrogens is 168 g/mol. The molecule has 4 heteroatoms. The minimum absolute atomic E-state index is 0.0475. The SMILES string of the molecule is Cc1c(CC(=O)O)nn2c1CCC2. The molecule has 1 N–H and O–H groups in total. The summed E-state index contributed by atoms with van der Waals surface area (Å²) in [4.78, 5) is 10.5. The summed E-state index contributed by atoms with van der Waals surface area (Å²) in [7, 11) is 0. The van der Waals surface area contributed by atoms with Crippen LogP contribution in [0.25, 0.3) is 0 Å². The molecule has 0 unspecified atom stereocenters. The predicted molar refractivity (Wildman–Crippen MR) is 46.6 cm³/mol. The van der Waals surface area contributed by atoms with Gasteiger partial charge in [0.25, 0.3) is 0 Å². The molecule has 0 spiro atoms. The Bertz CT molecular complexity index is 355. The molecule has 2 heterocycles. The molecule has 0 saturated heterocycles. The van der Waals surface area contributed by atoms with Gasteiger partial charge in [-0.1, -0.05) is 0 Å². The minimum Gasteiger partial charge on any atom is -0.481 e. The van der Waals surface area contributed by atoms with E-state index in [0.717, 1.165) is 30.6 Å². The maximum absolute atomic E-state index is 10.5. The maximum Gasteiger partial charge on any atom is 0.309 e. The molecule has 0 aromatic carbocycles. The Kier molecular flexibility index (Phi) is 1.83. The zero-order valence-electron chi connectivity index (χ0n) is 7.58. The highest BCUT2D eigenvalue weighted by atomic mass is 16.4. The fourth-order valence-electron chi connectivity index (χ4n) is 1.85. The molecule has 1 aromatic heterocycles. The Labute approximate surface area is 76.2 Å². The number of nitrogens with zero attached hydrogens (tertiary/aromatic N) is 2. The number of rotatable bonds is 2. The molecule has 0 saturated carbocycles. The monoisotopic (exact) mass is 180 g/mol. The number of hydrogen-bond donors (Lipinski definition) is 1. The van der Waals surface area contributed by atoms with Crippen molar-refractivity contribution in [3.8, 4) is 0 Å². The van der Waals surface area contributed by atoms with Gasteiger partial charge in [-0.15, -0.1) is 0 Å². The van der Waals surface area contributed by atoms with Crippen LogP contribution < -0.4 is 0 Å². The number of aryl methyl sites for hydroxylation is 1. The molecule has 0 atom stereocenters. The number of fused-ring (bicyclic) bond motifs is 1. The molecule has 1 aromatic rings. The van der Waals surface area contributed by atoms with Crippen molar-refractivity contribution in [2.45, 2.75) is 32.7 Å². The average molecular weight is 180 g/mol. The minimum atomic E-state index is -0.806. The molecular formula is C9H12N2O2. The normalized spacial score (nSPS) is 14.5. The van der Waals surface area contributed by atoms with Gasteiger partial charge in [0.2, 0.25) is 0 Å². The van der Waals surface area contributed by atoms with Crippen LogP contribution in [0.4, 0.5) is 0 Å². The Morgan fingerprint density at radius 3 is 3.08 bits per heavy atom. The number of carboxylic acids is 1. The Balaban J connectivity index is 2.33. The van der Waals surface area contributed by atoms with E-state index in [-0.39, 0.29) is 6.42 Å². The summed E-state index contributed by atoms with van der Waals surface area (Å²) in [5.74, 6) is -0.806. The van der Waals surface area contributed by atoms with Crippen LogP contribution in [0.1, 0.15) is 23.4 Å². The van der Waals surface area contributed by atoms with E-state index < -0.39 is 5.97 Å². The zero-order valence-corrected chi connectivity index (χ0v) is 7.58. The summed E-state index contributed by atoms with van der Waals surface area (Å²) in [5, 5.41) is 12.9. The number of hydrogen-bond acceptors (Lipinski definition) is 2. The van der Waals surface area contributed by atoms with Crippen LogP contribution in [0.2, 0.25) is 0 Å². The molecule has 70 valence electrons. The zero-order chi connectivity index (χ0) is 9.42. The smallest absolute Gasteiger partial charge is 0.309 e. The van der Waals surface area contributed by atoms with Gasteiger partial charge in [-0.25, -0.2) is 0 Å². The Morgan fingerprint density at radius 1 is 1.69 bits per heavy atom. The van der Waals surface area contributed by atoms with Crippen molar-refractivity contribution in [3.63, 3.8) is 0 Å². The number of carbonyl (C=O) groups is 1. The molecule has 0 aliphatic carbocycles. The van der Waals surface area contributed by atoms with E-state index in [1.807, 2.05) is 11.6 Å². The fourth-order valence-corrected chi connectivity index (χ4v) is 1.85.